The van der Waals surface area contributed by atoms with Crippen molar-refractivity contribution in [2.45, 2.75) is 45.6 Å². The van der Waals surface area contributed by atoms with Gasteiger partial charge in [0.2, 0.25) is 0 Å². The fraction of sp³-hybridized carbons (Fsp3) is 0.474. The van der Waals surface area contributed by atoms with E-state index in [-0.39, 0.29) is 23.3 Å². The third kappa shape index (κ3) is 4.51. The second-order valence-electron chi connectivity index (χ2n) is 6.17. The molecule has 1 saturated carbocycles. The number of amides is 1. The van der Waals surface area contributed by atoms with Crippen molar-refractivity contribution < 1.29 is 14.6 Å². The van der Waals surface area contributed by atoms with Gasteiger partial charge < -0.3 is 15.2 Å². The number of nitrogens with zero attached hydrogens (tertiary/aromatic N) is 1. The molecule has 0 aliphatic heterocycles. The van der Waals surface area contributed by atoms with Crippen molar-refractivity contribution in [3.63, 3.8) is 0 Å². The predicted octanol–water partition coefficient (Wildman–Crippen LogP) is 3.39. The summed E-state index contributed by atoms with van der Waals surface area (Å²) < 4.78 is 5.33. The number of carbonyl (C=O) groups is 1. The number of hydrogen-bond acceptors (Lipinski definition) is 4. The lowest BCUT2D eigenvalue weighted by atomic mass is 9.86. The number of phenolic OH excluding ortho intramolecular Hbond substituents is 1. The maximum absolute atomic E-state index is 12.4. The Morgan fingerprint density at radius 2 is 2.21 bits per heavy atom. The maximum Gasteiger partial charge on any atom is 0.262 e. The molecule has 0 aromatic heterocycles. The average molecular weight is 328 g/mol. The van der Waals surface area contributed by atoms with Gasteiger partial charge in [0.25, 0.3) is 5.91 Å². The molecule has 0 unspecified atom stereocenters. The zero-order valence-electron chi connectivity index (χ0n) is 14.2. The zero-order chi connectivity index (χ0) is 17.5. The van der Waals surface area contributed by atoms with Crippen molar-refractivity contribution in [3.8, 4) is 17.6 Å². The van der Waals surface area contributed by atoms with Crippen molar-refractivity contribution in [2.75, 3.05) is 6.61 Å². The highest BCUT2D eigenvalue weighted by Gasteiger charge is 2.24. The Hall–Kier alpha value is -2.48. The Morgan fingerprint density at radius 3 is 2.88 bits per heavy atom. The summed E-state index contributed by atoms with van der Waals surface area (Å²) in [7, 11) is 0. The number of hydrogen-bond donors (Lipinski definition) is 2. The van der Waals surface area contributed by atoms with Gasteiger partial charge in [-0.3, -0.25) is 4.79 Å². The van der Waals surface area contributed by atoms with Crippen LogP contribution >= 0.6 is 0 Å². The van der Waals surface area contributed by atoms with Crippen LogP contribution in [0.15, 0.2) is 23.8 Å². The SMILES string of the molecule is CCOc1cc(/C=C(\C#N)C(=O)N[C@@H]2CCCC[C@@H]2C)ccc1O. The molecular weight excluding hydrogens is 304 g/mol. The Labute approximate surface area is 142 Å². The quantitative estimate of drug-likeness (QED) is 0.641. The third-order valence-corrected chi connectivity index (χ3v) is 4.39. The third-order valence-electron chi connectivity index (χ3n) is 4.39. The van der Waals surface area contributed by atoms with Crippen LogP contribution < -0.4 is 10.1 Å². The number of benzene rings is 1. The molecule has 0 saturated heterocycles. The minimum absolute atomic E-state index is 0.0352. The summed E-state index contributed by atoms with van der Waals surface area (Å²) >= 11 is 0. The lowest BCUT2D eigenvalue weighted by molar-refractivity contribution is -0.118. The van der Waals surface area contributed by atoms with Crippen LogP contribution in [0.3, 0.4) is 0 Å². The second-order valence-corrected chi connectivity index (χ2v) is 6.17. The topological polar surface area (TPSA) is 82.3 Å². The molecule has 128 valence electrons. The monoisotopic (exact) mass is 328 g/mol. The van der Waals surface area contributed by atoms with Crippen molar-refractivity contribution in [1.82, 2.24) is 5.32 Å². The van der Waals surface area contributed by atoms with Gasteiger partial charge in [0.15, 0.2) is 11.5 Å². The fourth-order valence-electron chi connectivity index (χ4n) is 2.98. The first-order chi connectivity index (χ1) is 11.5. The number of ether oxygens (including phenoxy) is 1. The average Bonchev–Trinajstić information content (AvgIpc) is 2.57. The first kappa shape index (κ1) is 17.9. The number of phenols is 1. The molecule has 0 heterocycles. The van der Waals surface area contributed by atoms with E-state index in [2.05, 4.69) is 12.2 Å². The smallest absolute Gasteiger partial charge is 0.262 e. The molecule has 2 rings (SSSR count). The molecule has 5 nitrogen and oxygen atoms in total. The number of nitriles is 1. The summed E-state index contributed by atoms with van der Waals surface area (Å²) in [6, 6.07) is 6.85. The van der Waals surface area contributed by atoms with Gasteiger partial charge in [-0.2, -0.15) is 5.26 Å². The summed E-state index contributed by atoms with van der Waals surface area (Å²) in [6.07, 6.45) is 5.88. The van der Waals surface area contributed by atoms with Gasteiger partial charge in [0.05, 0.1) is 6.61 Å². The molecule has 1 fully saturated rings. The Kier molecular flexibility index (Phi) is 6.25. The minimum Gasteiger partial charge on any atom is -0.504 e. The molecule has 1 aliphatic rings. The van der Waals surface area contributed by atoms with E-state index in [0.717, 1.165) is 19.3 Å². The van der Waals surface area contributed by atoms with Gasteiger partial charge in [0.1, 0.15) is 11.6 Å². The molecule has 1 amide bonds. The molecular formula is C19H24N2O3. The Morgan fingerprint density at radius 1 is 1.46 bits per heavy atom. The first-order valence-corrected chi connectivity index (χ1v) is 8.43. The lowest BCUT2D eigenvalue weighted by Crippen LogP contribution is -2.41. The molecule has 2 atom stereocenters. The molecule has 2 N–H and O–H groups in total. The van der Waals surface area contributed by atoms with Gasteiger partial charge in [-0.25, -0.2) is 0 Å². The van der Waals surface area contributed by atoms with E-state index in [1.165, 1.54) is 18.6 Å². The number of nitrogens with one attached hydrogen (secondary N) is 1. The summed E-state index contributed by atoms with van der Waals surface area (Å²) in [5.74, 6) is 0.459. The van der Waals surface area contributed by atoms with Crippen molar-refractivity contribution in [1.29, 1.82) is 5.26 Å². The normalized spacial score (nSPS) is 21.0. The zero-order valence-corrected chi connectivity index (χ0v) is 14.2. The van der Waals surface area contributed by atoms with Crippen LogP contribution in [0.5, 0.6) is 11.5 Å². The number of aromatic hydroxyl groups is 1. The summed E-state index contributed by atoms with van der Waals surface area (Å²) in [5.41, 5.74) is 0.695. The lowest BCUT2D eigenvalue weighted by Gasteiger charge is -2.29. The molecule has 1 aliphatic carbocycles. The van der Waals surface area contributed by atoms with Crippen LogP contribution in [-0.2, 0) is 4.79 Å². The van der Waals surface area contributed by atoms with E-state index in [9.17, 15) is 15.2 Å². The fourth-order valence-corrected chi connectivity index (χ4v) is 2.98. The molecule has 5 heteroatoms. The van der Waals surface area contributed by atoms with E-state index >= 15 is 0 Å². The summed E-state index contributed by atoms with van der Waals surface area (Å²) in [5, 5.41) is 22.0. The molecule has 0 radical (unpaired) electrons. The minimum atomic E-state index is -0.345. The molecule has 24 heavy (non-hydrogen) atoms. The highest BCUT2D eigenvalue weighted by molar-refractivity contribution is 6.01. The largest absolute Gasteiger partial charge is 0.504 e. The number of rotatable bonds is 5. The van der Waals surface area contributed by atoms with Crippen molar-refractivity contribution >= 4 is 12.0 Å². The van der Waals surface area contributed by atoms with Crippen LogP contribution in [0.2, 0.25) is 0 Å². The van der Waals surface area contributed by atoms with Crippen molar-refractivity contribution in [2.24, 2.45) is 5.92 Å². The Balaban J connectivity index is 2.15. The van der Waals surface area contributed by atoms with Crippen LogP contribution in [0.4, 0.5) is 0 Å². The molecule has 1 aromatic carbocycles. The van der Waals surface area contributed by atoms with Crippen LogP contribution in [-0.4, -0.2) is 23.7 Å². The number of carbonyl (C=O) groups excluding carboxylic acids is 1. The molecule has 1 aromatic rings. The van der Waals surface area contributed by atoms with E-state index in [0.29, 0.717) is 23.8 Å². The van der Waals surface area contributed by atoms with E-state index in [1.807, 2.05) is 13.0 Å². The van der Waals surface area contributed by atoms with E-state index < -0.39 is 0 Å². The standard InChI is InChI=1S/C19H24N2O3/c1-3-24-18-11-14(8-9-17(18)22)10-15(12-20)19(23)21-16-7-5-4-6-13(16)2/h8-11,13,16,22H,3-7H2,1-2H3,(H,21,23)/b15-10+/t13-,16+/m0/s1. The van der Waals surface area contributed by atoms with Crippen LogP contribution in [0.25, 0.3) is 6.08 Å². The predicted molar refractivity (Wildman–Crippen MR) is 92.4 cm³/mol. The maximum atomic E-state index is 12.4. The second kappa shape index (κ2) is 8.39. The molecule has 0 spiro atoms. The van der Waals surface area contributed by atoms with Gasteiger partial charge in [0, 0.05) is 6.04 Å². The van der Waals surface area contributed by atoms with Gasteiger partial charge in [-0.05, 0) is 49.5 Å². The van der Waals surface area contributed by atoms with Crippen LogP contribution in [0, 0.1) is 17.2 Å². The van der Waals surface area contributed by atoms with E-state index in [1.54, 1.807) is 12.1 Å². The van der Waals surface area contributed by atoms with Gasteiger partial charge in [-0.15, -0.1) is 0 Å². The summed E-state index contributed by atoms with van der Waals surface area (Å²) in [6.45, 7) is 4.38. The van der Waals surface area contributed by atoms with Gasteiger partial charge in [-0.1, -0.05) is 25.8 Å². The van der Waals surface area contributed by atoms with Crippen LogP contribution in [0.1, 0.15) is 45.1 Å². The van der Waals surface area contributed by atoms with Gasteiger partial charge >= 0.3 is 0 Å². The first-order valence-electron chi connectivity index (χ1n) is 8.43. The summed E-state index contributed by atoms with van der Waals surface area (Å²) in [4.78, 5) is 12.4. The van der Waals surface area contributed by atoms with E-state index in [4.69, 9.17) is 4.74 Å². The molecule has 0 bridgehead atoms. The highest BCUT2D eigenvalue weighted by Crippen LogP contribution is 2.28. The Bertz CT molecular complexity index is 661. The van der Waals surface area contributed by atoms with Crippen molar-refractivity contribution in [3.05, 3.63) is 29.3 Å². The highest BCUT2D eigenvalue weighted by atomic mass is 16.5.